The second-order valence-electron chi connectivity index (χ2n) is 8.99. The van der Waals surface area contributed by atoms with Crippen LogP contribution in [0.25, 0.3) is 5.32 Å². The Morgan fingerprint density at radius 3 is 1.91 bits per heavy atom. The summed E-state index contributed by atoms with van der Waals surface area (Å²) in [5, 5.41) is 12.0. The standard InChI is InChI=1S/C27H42N4O6.6CH4.Rb/c1-20(21(2)32)7-4-5-14-29-25(34)8-6-16-37-19-27(36)31-18-23-11-9-22(10-12-23)17-26(35)30-15-13-24(33)28-3;;;;;;;/h9-12,20H,4-8,13-19H2,1-3H3,(H4,28,29,30,31,33,34,35,36);6*1H4;/q;;;;;;;+1/p-1. The molecule has 0 bridgehead atoms. The fourth-order valence-electron chi connectivity index (χ4n) is 3.27. The zero-order valence-corrected chi connectivity index (χ0v) is 28.2. The molecule has 254 valence electrons. The van der Waals surface area contributed by atoms with Crippen molar-refractivity contribution >= 4 is 29.4 Å². The summed E-state index contributed by atoms with van der Waals surface area (Å²) in [6, 6.07) is 7.24. The van der Waals surface area contributed by atoms with Crippen LogP contribution in [0, 0.1) is 5.92 Å². The smallest absolute Gasteiger partial charge is 0.648 e. The van der Waals surface area contributed by atoms with Crippen LogP contribution >= 0.6 is 0 Å². The van der Waals surface area contributed by atoms with Gasteiger partial charge in [-0.1, -0.05) is 87.7 Å². The van der Waals surface area contributed by atoms with Crippen LogP contribution in [0.3, 0.4) is 0 Å². The van der Waals surface area contributed by atoms with Crippen molar-refractivity contribution in [3.63, 3.8) is 0 Å². The van der Waals surface area contributed by atoms with Gasteiger partial charge >= 0.3 is 58.2 Å². The summed E-state index contributed by atoms with van der Waals surface area (Å²) in [6.07, 6.45) is 3.86. The molecular formula is C33H65N4O6Rb. The molecule has 0 aliphatic heterocycles. The molecule has 0 radical (unpaired) electrons. The maximum absolute atomic E-state index is 11.9. The predicted octanol–water partition coefficient (Wildman–Crippen LogP) is 3.01. The molecule has 0 aromatic heterocycles. The van der Waals surface area contributed by atoms with Gasteiger partial charge in [-0.25, -0.2) is 0 Å². The molecule has 0 fully saturated rings. The molecule has 0 spiro atoms. The van der Waals surface area contributed by atoms with E-state index < -0.39 is 0 Å². The summed E-state index contributed by atoms with van der Waals surface area (Å²) in [6.45, 7) is 4.78. The molecule has 0 saturated heterocycles. The van der Waals surface area contributed by atoms with Crippen LogP contribution in [0.15, 0.2) is 24.3 Å². The molecule has 44 heavy (non-hydrogen) atoms. The third-order valence-corrected chi connectivity index (χ3v) is 5.78. The van der Waals surface area contributed by atoms with E-state index in [1.165, 1.54) is 0 Å². The van der Waals surface area contributed by atoms with Gasteiger partial charge in [0.1, 0.15) is 5.78 Å². The number of hydrogen-bond acceptors (Lipinski definition) is 6. The van der Waals surface area contributed by atoms with Gasteiger partial charge in [-0.2, -0.15) is 0 Å². The van der Waals surface area contributed by atoms with E-state index in [9.17, 15) is 24.0 Å². The number of amides is 4. The van der Waals surface area contributed by atoms with Gasteiger partial charge in [0.2, 0.25) is 17.7 Å². The summed E-state index contributed by atoms with van der Waals surface area (Å²) in [4.78, 5) is 58.0. The minimum absolute atomic E-state index is 0. The third-order valence-electron chi connectivity index (χ3n) is 5.78. The number of ketones is 1. The molecule has 1 aromatic carbocycles. The average molecular weight is 699 g/mol. The van der Waals surface area contributed by atoms with Crippen LogP contribution in [0.5, 0.6) is 0 Å². The Morgan fingerprint density at radius 2 is 1.34 bits per heavy atom. The maximum Gasteiger partial charge on any atom is 1.00 e. The van der Waals surface area contributed by atoms with Gasteiger partial charge in [0.05, 0.1) is 18.9 Å². The van der Waals surface area contributed by atoms with Crippen molar-refractivity contribution in [2.75, 3.05) is 33.4 Å². The van der Waals surface area contributed by atoms with Crippen molar-refractivity contribution in [1.82, 2.24) is 16.0 Å². The summed E-state index contributed by atoms with van der Waals surface area (Å²) in [7, 11) is 1.55. The Labute approximate surface area is 319 Å². The molecule has 4 amide bonds. The fourth-order valence-corrected chi connectivity index (χ4v) is 3.27. The molecule has 0 heterocycles. The van der Waals surface area contributed by atoms with Crippen LogP contribution in [0.2, 0.25) is 0 Å². The number of Topliss-reactive ketones (excluding diaryl/α,β-unsaturated/α-hetero) is 1. The van der Waals surface area contributed by atoms with Crippen LogP contribution in [-0.4, -0.2) is 62.8 Å². The van der Waals surface area contributed by atoms with Gasteiger partial charge in [0, 0.05) is 45.5 Å². The first-order chi connectivity index (χ1) is 17.7. The number of carbonyl (C=O) groups excluding carboxylic acids is 5. The third kappa shape index (κ3) is 30.6. The Balaban J connectivity index is -0.000000391. The first kappa shape index (κ1) is 58.1. The summed E-state index contributed by atoms with van der Waals surface area (Å²) < 4.78 is 5.32. The van der Waals surface area contributed by atoms with Crippen molar-refractivity contribution in [1.29, 1.82) is 0 Å². The predicted molar refractivity (Wildman–Crippen MR) is 181 cm³/mol. The molecule has 11 heteroatoms. The van der Waals surface area contributed by atoms with Crippen molar-refractivity contribution in [2.24, 2.45) is 5.92 Å². The maximum atomic E-state index is 11.9. The number of ether oxygens (including phenoxy) is 1. The molecule has 0 saturated carbocycles. The second-order valence-corrected chi connectivity index (χ2v) is 8.99. The first-order valence-electron chi connectivity index (χ1n) is 12.8. The minimum Gasteiger partial charge on any atom is -0.648 e. The van der Waals surface area contributed by atoms with Gasteiger partial charge in [-0.15, -0.1) is 6.54 Å². The zero-order valence-electron chi connectivity index (χ0n) is 23.3. The van der Waals surface area contributed by atoms with E-state index in [0.717, 1.165) is 30.4 Å². The van der Waals surface area contributed by atoms with Gasteiger partial charge in [0.15, 0.2) is 0 Å². The topological polar surface area (TPSA) is 145 Å². The molecule has 0 aliphatic carbocycles. The Bertz CT molecular complexity index is 882. The summed E-state index contributed by atoms with van der Waals surface area (Å²) >= 11 is 0. The number of nitrogens with zero attached hydrogens (tertiary/aromatic N) is 1. The van der Waals surface area contributed by atoms with E-state index in [4.69, 9.17) is 4.74 Å². The Morgan fingerprint density at radius 1 is 0.773 bits per heavy atom. The van der Waals surface area contributed by atoms with E-state index in [2.05, 4.69) is 21.3 Å². The Kier molecular flexibility index (Phi) is 47.6. The normalized spacial score (nSPS) is 9.52. The quantitative estimate of drug-likeness (QED) is 0.190. The summed E-state index contributed by atoms with van der Waals surface area (Å²) in [5.74, 6) is -0.451. The van der Waals surface area contributed by atoms with Crippen LogP contribution < -0.4 is 74.1 Å². The van der Waals surface area contributed by atoms with Crippen molar-refractivity contribution in [3.05, 3.63) is 40.7 Å². The van der Waals surface area contributed by atoms with Gasteiger partial charge < -0.3 is 30.8 Å². The Hall–Kier alpha value is -1.46. The number of carbonyl (C=O) groups is 5. The van der Waals surface area contributed by atoms with E-state index in [0.29, 0.717) is 26.0 Å². The number of hydrogen-bond donors (Lipinski definition) is 3. The van der Waals surface area contributed by atoms with E-state index in [1.54, 1.807) is 14.0 Å². The van der Waals surface area contributed by atoms with Crippen molar-refractivity contribution < 1.29 is 86.9 Å². The minimum atomic E-state index is -0.371. The second kappa shape index (κ2) is 36.0. The molecular weight excluding hydrogens is 634 g/mol. The van der Waals surface area contributed by atoms with E-state index in [-0.39, 0.29) is 171 Å². The van der Waals surface area contributed by atoms with Crippen molar-refractivity contribution in [3.8, 4) is 0 Å². The zero-order chi connectivity index (χ0) is 27.5. The monoisotopic (exact) mass is 698 g/mol. The van der Waals surface area contributed by atoms with Gasteiger partial charge in [-0.05, 0) is 31.7 Å². The molecule has 3 N–H and O–H groups in total. The molecule has 1 aromatic rings. The summed E-state index contributed by atoms with van der Waals surface area (Å²) in [5.41, 5.74) is 1.66. The van der Waals surface area contributed by atoms with Crippen LogP contribution in [-0.2, 0) is 41.7 Å². The molecule has 1 unspecified atom stereocenters. The number of benzene rings is 1. The van der Waals surface area contributed by atoms with Crippen LogP contribution in [0.1, 0.15) is 108 Å². The largest absolute Gasteiger partial charge is 1.00 e. The molecule has 1 atom stereocenters. The van der Waals surface area contributed by atoms with E-state index in [1.807, 2.05) is 31.2 Å². The average Bonchev–Trinajstić information content (AvgIpc) is 2.87. The number of nitrogens with one attached hydrogen (secondary N) is 3. The van der Waals surface area contributed by atoms with Crippen molar-refractivity contribution in [2.45, 2.75) is 110 Å². The number of rotatable bonds is 19. The first-order valence-corrected chi connectivity index (χ1v) is 12.8. The number of unbranched alkanes of at least 4 members (excludes halogenated alkanes) is 1. The molecule has 0 aliphatic rings. The van der Waals surface area contributed by atoms with E-state index >= 15 is 0 Å². The fraction of sp³-hybridized carbons (Fsp3) is 0.667. The molecule has 10 nitrogen and oxygen atoms in total. The van der Waals surface area contributed by atoms with Crippen LogP contribution in [0.4, 0.5) is 0 Å². The van der Waals surface area contributed by atoms with Gasteiger partial charge in [0.25, 0.3) is 0 Å². The van der Waals surface area contributed by atoms with Gasteiger partial charge in [-0.3, -0.25) is 19.2 Å². The SMILES string of the molecule is C.C.C.C.C.C.CNC(=O)CCNC(=O)Cc1ccc(C[N-]C(=O)COCCCC(=O)NCCCCC(C)C(C)=O)cc1.[Rb+]. The molecule has 1 rings (SSSR count).